The quantitative estimate of drug-likeness (QED) is 0.771. The van der Waals surface area contributed by atoms with E-state index < -0.39 is 0 Å². The van der Waals surface area contributed by atoms with Crippen LogP contribution in [0.4, 0.5) is 0 Å². The molecule has 0 radical (unpaired) electrons. The molecule has 0 unspecified atom stereocenters. The van der Waals surface area contributed by atoms with Crippen molar-refractivity contribution in [2.24, 2.45) is 5.73 Å². The van der Waals surface area contributed by atoms with Gasteiger partial charge >= 0.3 is 0 Å². The molecule has 2 rings (SSSR count). The Morgan fingerprint density at radius 1 is 1.46 bits per heavy atom. The molecule has 72 valence electrons. The minimum absolute atomic E-state index is 0.345. The van der Waals surface area contributed by atoms with Crippen molar-refractivity contribution in [1.29, 1.82) is 0 Å². The molecule has 0 spiro atoms. The van der Waals surface area contributed by atoms with Gasteiger partial charge in [-0.25, -0.2) is 0 Å². The smallest absolute Gasteiger partial charge is 0.0172 e. The van der Waals surface area contributed by atoms with E-state index in [1.807, 2.05) is 11.3 Å². The summed E-state index contributed by atoms with van der Waals surface area (Å²) < 4.78 is 0. The lowest BCUT2D eigenvalue weighted by molar-refractivity contribution is 0.460. The number of rotatable bonds is 2. The second-order valence-corrected chi connectivity index (χ2v) is 5.04. The van der Waals surface area contributed by atoms with Gasteiger partial charge in [0.1, 0.15) is 0 Å². The molecule has 1 aliphatic carbocycles. The summed E-state index contributed by atoms with van der Waals surface area (Å²) in [6.45, 7) is 3.04. The zero-order chi connectivity index (χ0) is 9.31. The molecule has 1 fully saturated rings. The van der Waals surface area contributed by atoms with Gasteiger partial charge in [0.05, 0.1) is 0 Å². The number of thiophene rings is 1. The van der Waals surface area contributed by atoms with Crippen LogP contribution in [0.1, 0.15) is 36.1 Å². The van der Waals surface area contributed by atoms with Crippen LogP contribution in [0.2, 0.25) is 0 Å². The molecule has 1 aromatic heterocycles. The lowest BCUT2D eigenvalue weighted by atomic mass is 9.83. The van der Waals surface area contributed by atoms with Crippen molar-refractivity contribution in [2.45, 2.75) is 38.0 Å². The molecule has 1 saturated carbocycles. The first-order valence-corrected chi connectivity index (χ1v) is 5.91. The van der Waals surface area contributed by atoms with Crippen LogP contribution < -0.4 is 5.73 Å². The third kappa shape index (κ3) is 1.42. The highest BCUT2D eigenvalue weighted by atomic mass is 32.1. The molecule has 0 saturated heterocycles. The average Bonchev–Trinajstić information content (AvgIpc) is 2.73. The first-order valence-electron chi connectivity index (χ1n) is 5.03. The molecule has 1 nitrogen and oxygen atoms in total. The summed E-state index contributed by atoms with van der Waals surface area (Å²) in [5, 5.41) is 2.19. The second-order valence-electron chi connectivity index (χ2n) is 4.12. The van der Waals surface area contributed by atoms with Gasteiger partial charge in [-0.15, -0.1) is 11.3 Å². The lowest BCUT2D eigenvalue weighted by Gasteiger charge is -2.26. The van der Waals surface area contributed by atoms with Gasteiger partial charge in [-0.3, -0.25) is 0 Å². The van der Waals surface area contributed by atoms with Gasteiger partial charge in [0, 0.05) is 16.8 Å². The van der Waals surface area contributed by atoms with Crippen LogP contribution in [0.15, 0.2) is 11.4 Å². The molecule has 1 heterocycles. The fourth-order valence-corrected chi connectivity index (χ4v) is 3.69. The molecule has 1 aromatic rings. The van der Waals surface area contributed by atoms with E-state index in [1.165, 1.54) is 31.2 Å². The Kier molecular flexibility index (Phi) is 2.43. The summed E-state index contributed by atoms with van der Waals surface area (Å²) in [6, 6.07) is 2.22. The van der Waals surface area contributed by atoms with Crippen molar-refractivity contribution >= 4 is 11.3 Å². The SMILES string of the molecule is Cc1ccsc1C1(CN)CCCC1. The Morgan fingerprint density at radius 3 is 2.62 bits per heavy atom. The van der Waals surface area contributed by atoms with E-state index in [0.29, 0.717) is 5.41 Å². The second kappa shape index (κ2) is 3.43. The normalized spacial score (nSPS) is 20.8. The van der Waals surface area contributed by atoms with Crippen LogP contribution in [-0.4, -0.2) is 6.54 Å². The third-order valence-corrected chi connectivity index (χ3v) is 4.56. The molecule has 0 aliphatic heterocycles. The molecule has 2 N–H and O–H groups in total. The Hall–Kier alpha value is -0.340. The van der Waals surface area contributed by atoms with Crippen LogP contribution >= 0.6 is 11.3 Å². The van der Waals surface area contributed by atoms with E-state index in [-0.39, 0.29) is 0 Å². The minimum Gasteiger partial charge on any atom is -0.330 e. The highest BCUT2D eigenvalue weighted by Crippen LogP contribution is 2.43. The average molecular weight is 195 g/mol. The molecule has 0 aromatic carbocycles. The Bertz CT molecular complexity index is 284. The Balaban J connectivity index is 2.36. The van der Waals surface area contributed by atoms with Crippen molar-refractivity contribution in [2.75, 3.05) is 6.54 Å². The first kappa shape index (κ1) is 9.22. The lowest BCUT2D eigenvalue weighted by Crippen LogP contribution is -2.31. The van der Waals surface area contributed by atoms with Crippen molar-refractivity contribution in [3.05, 3.63) is 21.9 Å². The molecule has 0 atom stereocenters. The van der Waals surface area contributed by atoms with Gasteiger partial charge in [0.25, 0.3) is 0 Å². The van der Waals surface area contributed by atoms with Crippen molar-refractivity contribution < 1.29 is 0 Å². The van der Waals surface area contributed by atoms with Crippen LogP contribution in [0, 0.1) is 6.92 Å². The Morgan fingerprint density at radius 2 is 2.15 bits per heavy atom. The van der Waals surface area contributed by atoms with Crippen LogP contribution in [0.3, 0.4) is 0 Å². The maximum Gasteiger partial charge on any atom is 0.0172 e. The number of hydrogen-bond donors (Lipinski definition) is 1. The molecule has 0 bridgehead atoms. The standard InChI is InChI=1S/C11H17NS/c1-9-4-7-13-10(9)11(8-12)5-2-3-6-11/h4,7H,2-3,5-6,8,12H2,1H3. The maximum atomic E-state index is 5.94. The number of hydrogen-bond acceptors (Lipinski definition) is 2. The summed E-state index contributed by atoms with van der Waals surface area (Å²) in [4.78, 5) is 1.55. The van der Waals surface area contributed by atoms with E-state index in [0.717, 1.165) is 6.54 Å². The van der Waals surface area contributed by atoms with Gasteiger partial charge < -0.3 is 5.73 Å². The monoisotopic (exact) mass is 195 g/mol. The number of aryl methyl sites for hydroxylation is 1. The fourth-order valence-electron chi connectivity index (χ4n) is 2.49. The van der Waals surface area contributed by atoms with Crippen LogP contribution in [0.25, 0.3) is 0 Å². The highest BCUT2D eigenvalue weighted by molar-refractivity contribution is 7.10. The zero-order valence-corrected chi connectivity index (χ0v) is 8.99. The summed E-state index contributed by atoms with van der Waals surface area (Å²) in [5.74, 6) is 0. The van der Waals surface area contributed by atoms with Gasteiger partial charge in [-0.05, 0) is 36.8 Å². The Labute approximate surface area is 84.0 Å². The van der Waals surface area contributed by atoms with Gasteiger partial charge in [-0.1, -0.05) is 12.8 Å². The highest BCUT2D eigenvalue weighted by Gasteiger charge is 2.36. The predicted octanol–water partition coefficient (Wildman–Crippen LogP) is 2.83. The maximum absolute atomic E-state index is 5.94. The van der Waals surface area contributed by atoms with Gasteiger partial charge in [0.15, 0.2) is 0 Å². The summed E-state index contributed by atoms with van der Waals surface area (Å²) >= 11 is 1.89. The van der Waals surface area contributed by atoms with Crippen LogP contribution in [0.5, 0.6) is 0 Å². The first-order chi connectivity index (χ1) is 6.28. The van der Waals surface area contributed by atoms with Crippen molar-refractivity contribution in [3.63, 3.8) is 0 Å². The number of nitrogens with two attached hydrogens (primary N) is 1. The third-order valence-electron chi connectivity index (χ3n) is 3.30. The molecular formula is C11H17NS. The van der Waals surface area contributed by atoms with Crippen molar-refractivity contribution in [1.82, 2.24) is 0 Å². The molecule has 13 heavy (non-hydrogen) atoms. The summed E-state index contributed by atoms with van der Waals surface area (Å²) in [6.07, 6.45) is 5.30. The van der Waals surface area contributed by atoms with Crippen molar-refractivity contribution in [3.8, 4) is 0 Å². The van der Waals surface area contributed by atoms with Gasteiger partial charge in [0.2, 0.25) is 0 Å². The summed E-state index contributed by atoms with van der Waals surface area (Å²) in [7, 11) is 0. The largest absolute Gasteiger partial charge is 0.330 e. The van der Waals surface area contributed by atoms with Crippen LogP contribution in [-0.2, 0) is 5.41 Å². The van der Waals surface area contributed by atoms with E-state index in [4.69, 9.17) is 5.73 Å². The van der Waals surface area contributed by atoms with E-state index in [1.54, 1.807) is 4.88 Å². The predicted molar refractivity (Wildman–Crippen MR) is 58.3 cm³/mol. The van der Waals surface area contributed by atoms with Gasteiger partial charge in [-0.2, -0.15) is 0 Å². The van der Waals surface area contributed by atoms with E-state index in [9.17, 15) is 0 Å². The van der Waals surface area contributed by atoms with E-state index >= 15 is 0 Å². The molecular weight excluding hydrogens is 178 g/mol. The molecule has 2 heteroatoms. The minimum atomic E-state index is 0.345. The topological polar surface area (TPSA) is 26.0 Å². The summed E-state index contributed by atoms with van der Waals surface area (Å²) in [5.41, 5.74) is 7.72. The fraction of sp³-hybridized carbons (Fsp3) is 0.636. The molecule has 1 aliphatic rings. The van der Waals surface area contributed by atoms with E-state index in [2.05, 4.69) is 18.4 Å². The zero-order valence-electron chi connectivity index (χ0n) is 8.18. The molecule has 0 amide bonds.